The Morgan fingerprint density at radius 2 is 1.67 bits per heavy atom. The first-order chi connectivity index (χ1) is 9.97. The minimum Gasteiger partial charge on any atom is -0.434 e. The molecular weight excluding hydrogens is 283 g/mol. The van der Waals surface area contributed by atoms with Gasteiger partial charge in [0.25, 0.3) is 0 Å². The zero-order chi connectivity index (χ0) is 15.0. The fraction of sp³-hybridized carbons (Fsp3) is 0.133. The highest BCUT2D eigenvalue weighted by Gasteiger charge is 2.36. The van der Waals surface area contributed by atoms with Crippen molar-refractivity contribution in [1.29, 1.82) is 0 Å². The van der Waals surface area contributed by atoms with Crippen LogP contribution in [0.25, 0.3) is 0 Å². The van der Waals surface area contributed by atoms with Crippen LogP contribution in [0, 0.1) is 0 Å². The number of hydrogen-bond donors (Lipinski definition) is 1. The van der Waals surface area contributed by atoms with Crippen molar-refractivity contribution >= 4 is 11.7 Å². The Morgan fingerprint density at radius 1 is 1.00 bits per heavy atom. The molecule has 2 aromatic rings. The van der Waals surface area contributed by atoms with Gasteiger partial charge in [-0.2, -0.15) is 13.2 Å². The number of fused-ring (bicyclic) bond motifs is 1. The SMILES string of the molecule is O=C1O[C@H](Nc2ccccc2C(F)(F)F)c2ccccc21. The number of nitrogens with one attached hydrogen (secondary N) is 1. The Morgan fingerprint density at radius 3 is 2.43 bits per heavy atom. The third-order valence-electron chi connectivity index (χ3n) is 3.21. The number of ether oxygens (including phenoxy) is 1. The van der Waals surface area contributed by atoms with Gasteiger partial charge in [0.1, 0.15) is 0 Å². The van der Waals surface area contributed by atoms with Gasteiger partial charge in [-0.1, -0.05) is 30.3 Å². The van der Waals surface area contributed by atoms with E-state index < -0.39 is 23.9 Å². The molecule has 0 saturated carbocycles. The molecule has 1 atom stereocenters. The van der Waals surface area contributed by atoms with Gasteiger partial charge in [-0.3, -0.25) is 0 Å². The number of carbonyl (C=O) groups excluding carboxylic acids is 1. The topological polar surface area (TPSA) is 38.3 Å². The van der Waals surface area contributed by atoms with Gasteiger partial charge in [0.2, 0.25) is 6.23 Å². The summed E-state index contributed by atoms with van der Waals surface area (Å²) < 4.78 is 43.9. The lowest BCUT2D eigenvalue weighted by Gasteiger charge is -2.18. The van der Waals surface area contributed by atoms with E-state index in [4.69, 9.17) is 4.74 Å². The van der Waals surface area contributed by atoms with Gasteiger partial charge in [0, 0.05) is 11.3 Å². The van der Waals surface area contributed by atoms with E-state index in [1.165, 1.54) is 18.2 Å². The maximum Gasteiger partial charge on any atom is 0.418 e. The molecule has 1 aliphatic heterocycles. The van der Waals surface area contributed by atoms with Crippen LogP contribution in [0.1, 0.15) is 27.7 Å². The molecule has 1 heterocycles. The van der Waals surface area contributed by atoms with E-state index in [1.807, 2.05) is 0 Å². The van der Waals surface area contributed by atoms with Crippen LogP contribution in [0.3, 0.4) is 0 Å². The van der Waals surface area contributed by atoms with E-state index in [0.29, 0.717) is 11.1 Å². The second-order valence-electron chi connectivity index (χ2n) is 4.56. The number of esters is 1. The van der Waals surface area contributed by atoms with Crippen LogP contribution in [0.15, 0.2) is 48.5 Å². The van der Waals surface area contributed by atoms with E-state index in [9.17, 15) is 18.0 Å². The molecule has 0 radical (unpaired) electrons. The third-order valence-corrected chi connectivity index (χ3v) is 3.21. The summed E-state index contributed by atoms with van der Waals surface area (Å²) in [4.78, 5) is 11.7. The van der Waals surface area contributed by atoms with Crippen molar-refractivity contribution in [3.8, 4) is 0 Å². The Hall–Kier alpha value is -2.50. The van der Waals surface area contributed by atoms with Crippen LogP contribution >= 0.6 is 0 Å². The van der Waals surface area contributed by atoms with Gasteiger partial charge in [0.05, 0.1) is 11.1 Å². The molecule has 1 aliphatic rings. The maximum atomic E-state index is 12.9. The van der Waals surface area contributed by atoms with Crippen molar-refractivity contribution in [3.63, 3.8) is 0 Å². The number of benzene rings is 2. The lowest BCUT2D eigenvalue weighted by molar-refractivity contribution is -0.137. The minimum absolute atomic E-state index is 0.125. The average molecular weight is 293 g/mol. The minimum atomic E-state index is -4.48. The number of anilines is 1. The highest BCUT2D eigenvalue weighted by Crippen LogP contribution is 2.38. The van der Waals surface area contributed by atoms with Crippen molar-refractivity contribution in [2.24, 2.45) is 0 Å². The summed E-state index contributed by atoms with van der Waals surface area (Å²) in [6.45, 7) is 0. The third kappa shape index (κ3) is 2.44. The maximum absolute atomic E-state index is 12.9. The molecule has 0 amide bonds. The number of para-hydroxylation sites is 1. The first kappa shape index (κ1) is 13.5. The van der Waals surface area contributed by atoms with E-state index in [1.54, 1.807) is 24.3 Å². The molecule has 0 aliphatic carbocycles. The van der Waals surface area contributed by atoms with Gasteiger partial charge in [-0.05, 0) is 18.2 Å². The lowest BCUT2D eigenvalue weighted by Crippen LogP contribution is -2.15. The van der Waals surface area contributed by atoms with Crippen LogP contribution in [-0.4, -0.2) is 5.97 Å². The first-order valence-corrected chi connectivity index (χ1v) is 6.19. The van der Waals surface area contributed by atoms with Crippen molar-refractivity contribution in [1.82, 2.24) is 0 Å². The summed E-state index contributed by atoms with van der Waals surface area (Å²) >= 11 is 0. The highest BCUT2D eigenvalue weighted by molar-refractivity contribution is 5.94. The predicted octanol–water partition coefficient (Wildman–Crippen LogP) is 3.99. The Labute approximate surface area is 118 Å². The summed E-state index contributed by atoms with van der Waals surface area (Å²) in [7, 11) is 0. The van der Waals surface area contributed by atoms with Gasteiger partial charge in [-0.25, -0.2) is 4.79 Å². The summed E-state index contributed by atoms with van der Waals surface area (Å²) in [6.07, 6.45) is -5.40. The number of carbonyl (C=O) groups is 1. The fourth-order valence-corrected chi connectivity index (χ4v) is 2.25. The van der Waals surface area contributed by atoms with Gasteiger partial charge >= 0.3 is 12.1 Å². The molecule has 21 heavy (non-hydrogen) atoms. The number of rotatable bonds is 2. The second-order valence-corrected chi connectivity index (χ2v) is 4.56. The normalized spacial score (nSPS) is 17.3. The summed E-state index contributed by atoms with van der Waals surface area (Å²) in [5.74, 6) is -0.549. The Balaban J connectivity index is 1.95. The zero-order valence-corrected chi connectivity index (χ0v) is 10.6. The van der Waals surface area contributed by atoms with E-state index in [-0.39, 0.29) is 5.69 Å². The van der Waals surface area contributed by atoms with Crippen molar-refractivity contribution in [2.45, 2.75) is 12.4 Å². The van der Waals surface area contributed by atoms with Crippen molar-refractivity contribution in [2.75, 3.05) is 5.32 Å². The predicted molar refractivity (Wildman–Crippen MR) is 69.7 cm³/mol. The lowest BCUT2D eigenvalue weighted by atomic mass is 10.1. The Kier molecular flexibility index (Phi) is 3.08. The number of cyclic esters (lactones) is 1. The fourth-order valence-electron chi connectivity index (χ4n) is 2.25. The molecule has 6 heteroatoms. The summed E-state index contributed by atoms with van der Waals surface area (Å²) in [5, 5.41) is 2.64. The number of halogens is 3. The smallest absolute Gasteiger partial charge is 0.418 e. The average Bonchev–Trinajstić information content (AvgIpc) is 2.76. The molecule has 0 bridgehead atoms. The van der Waals surface area contributed by atoms with Gasteiger partial charge in [-0.15, -0.1) is 0 Å². The molecular formula is C15H10F3NO2. The molecule has 108 valence electrons. The van der Waals surface area contributed by atoms with Crippen LogP contribution < -0.4 is 5.32 Å². The van der Waals surface area contributed by atoms with Gasteiger partial charge < -0.3 is 10.1 Å². The molecule has 1 N–H and O–H groups in total. The standard InChI is InChI=1S/C15H10F3NO2/c16-15(17,18)11-7-3-4-8-12(11)19-13-9-5-1-2-6-10(9)14(20)21-13/h1-8,13,19H/t13-/m0/s1. The second kappa shape index (κ2) is 4.80. The van der Waals surface area contributed by atoms with Crippen LogP contribution in [0.4, 0.5) is 18.9 Å². The molecule has 0 saturated heterocycles. The summed E-state index contributed by atoms with van der Waals surface area (Å²) in [5.41, 5.74) is -0.0381. The van der Waals surface area contributed by atoms with Crippen LogP contribution in [-0.2, 0) is 10.9 Å². The molecule has 3 nitrogen and oxygen atoms in total. The van der Waals surface area contributed by atoms with Crippen molar-refractivity contribution < 1.29 is 22.7 Å². The van der Waals surface area contributed by atoms with Crippen molar-refractivity contribution in [3.05, 3.63) is 65.2 Å². The quantitative estimate of drug-likeness (QED) is 0.851. The zero-order valence-electron chi connectivity index (χ0n) is 10.6. The molecule has 0 aromatic heterocycles. The van der Waals surface area contributed by atoms with E-state index >= 15 is 0 Å². The monoisotopic (exact) mass is 293 g/mol. The molecule has 2 aromatic carbocycles. The largest absolute Gasteiger partial charge is 0.434 e. The Bertz CT molecular complexity index is 697. The highest BCUT2D eigenvalue weighted by atomic mass is 19.4. The van der Waals surface area contributed by atoms with Crippen LogP contribution in [0.5, 0.6) is 0 Å². The van der Waals surface area contributed by atoms with Crippen LogP contribution in [0.2, 0.25) is 0 Å². The number of alkyl halides is 3. The van der Waals surface area contributed by atoms with Gasteiger partial charge in [0.15, 0.2) is 0 Å². The molecule has 0 spiro atoms. The molecule has 0 fully saturated rings. The molecule has 0 unspecified atom stereocenters. The first-order valence-electron chi connectivity index (χ1n) is 6.19. The summed E-state index contributed by atoms with van der Waals surface area (Å²) in [6, 6.07) is 11.7. The number of hydrogen-bond acceptors (Lipinski definition) is 3. The van der Waals surface area contributed by atoms with E-state index in [0.717, 1.165) is 6.07 Å². The van der Waals surface area contributed by atoms with E-state index in [2.05, 4.69) is 5.32 Å². The molecule has 3 rings (SSSR count).